The summed E-state index contributed by atoms with van der Waals surface area (Å²) in [5, 5.41) is 3.00. The average molecular weight is 404 g/mol. The molecule has 0 aliphatic carbocycles. The van der Waals surface area contributed by atoms with Crippen LogP contribution in [0.4, 0.5) is 25.8 Å². The van der Waals surface area contributed by atoms with Gasteiger partial charge in [0.2, 0.25) is 0 Å². The summed E-state index contributed by atoms with van der Waals surface area (Å²) in [4.78, 5) is 0. The van der Waals surface area contributed by atoms with Crippen LogP contribution in [0.25, 0.3) is 0 Å². The van der Waals surface area contributed by atoms with Gasteiger partial charge >= 0.3 is 10.2 Å². The Labute approximate surface area is 158 Å². The molecule has 0 aromatic heterocycles. The summed E-state index contributed by atoms with van der Waals surface area (Å²) in [6, 6.07) is 9.84. The summed E-state index contributed by atoms with van der Waals surface area (Å²) in [7, 11) is -2.28. The Morgan fingerprint density at radius 1 is 0.962 bits per heavy atom. The molecule has 1 N–H and O–H groups in total. The highest BCUT2D eigenvalue weighted by Crippen LogP contribution is 2.46. The van der Waals surface area contributed by atoms with Crippen molar-refractivity contribution >= 4 is 39.7 Å². The Bertz CT molecular complexity index is 860. The zero-order valence-corrected chi connectivity index (χ0v) is 15.8. The molecule has 0 saturated carbocycles. The molecular formula is C17H20ClF2N3O2S. The lowest BCUT2D eigenvalue weighted by Gasteiger charge is -2.22. The Hall–Kier alpha value is -1.90. The molecule has 2 aromatic carbocycles. The second-order valence-electron chi connectivity index (χ2n) is 5.71. The van der Waals surface area contributed by atoms with E-state index in [1.54, 1.807) is 24.3 Å². The summed E-state index contributed by atoms with van der Waals surface area (Å²) in [6.45, 7) is 1.01. The minimum Gasteiger partial charge on any atom is -0.320 e. The third-order valence-corrected chi connectivity index (χ3v) is 5.83. The van der Waals surface area contributed by atoms with E-state index < -0.39 is 27.5 Å². The van der Waals surface area contributed by atoms with E-state index in [0.29, 0.717) is 12.1 Å². The summed E-state index contributed by atoms with van der Waals surface area (Å²) in [6.07, 6.45) is 1.42. The molecule has 0 atom stereocenters. The first-order chi connectivity index (χ1) is 12.0. The quantitative estimate of drug-likeness (QED) is 0.750. The van der Waals surface area contributed by atoms with Crippen LogP contribution >= 0.6 is 12.4 Å². The molecule has 2 aromatic rings. The standard InChI is InChI=1S/C17H19F2N3O2S.ClH/c1-20-11-4-5-12-21-15-9-2-3-10-16(15)22(25(21,23)24)17-13(18)7-6-8-14(17)19;/h2-3,6-10,20H,4-5,11-12H2,1H3;1H. The van der Waals surface area contributed by atoms with Crippen LogP contribution in [0.15, 0.2) is 42.5 Å². The number of para-hydroxylation sites is 3. The molecular weight excluding hydrogens is 384 g/mol. The molecule has 5 nitrogen and oxygen atoms in total. The van der Waals surface area contributed by atoms with Crippen molar-refractivity contribution in [1.82, 2.24) is 5.32 Å². The zero-order chi connectivity index (χ0) is 18.0. The van der Waals surface area contributed by atoms with Crippen LogP contribution in [-0.2, 0) is 10.2 Å². The van der Waals surface area contributed by atoms with Gasteiger partial charge in [-0.2, -0.15) is 8.42 Å². The number of anilines is 3. The van der Waals surface area contributed by atoms with E-state index in [0.717, 1.165) is 29.4 Å². The molecule has 26 heavy (non-hydrogen) atoms. The third kappa shape index (κ3) is 3.49. The maximum Gasteiger partial charge on any atom is 0.331 e. The van der Waals surface area contributed by atoms with E-state index in [1.165, 1.54) is 10.4 Å². The van der Waals surface area contributed by atoms with Crippen molar-refractivity contribution in [1.29, 1.82) is 0 Å². The van der Waals surface area contributed by atoms with Crippen molar-refractivity contribution in [3.8, 4) is 0 Å². The first-order valence-electron chi connectivity index (χ1n) is 7.99. The van der Waals surface area contributed by atoms with Crippen LogP contribution in [0.2, 0.25) is 0 Å². The summed E-state index contributed by atoms with van der Waals surface area (Å²) in [5.74, 6) is -1.84. The van der Waals surface area contributed by atoms with Crippen LogP contribution < -0.4 is 13.9 Å². The van der Waals surface area contributed by atoms with Gasteiger partial charge in [-0.25, -0.2) is 13.1 Å². The second kappa shape index (κ2) is 8.20. The zero-order valence-electron chi connectivity index (χ0n) is 14.2. The van der Waals surface area contributed by atoms with Gasteiger partial charge in [0.25, 0.3) is 0 Å². The monoisotopic (exact) mass is 403 g/mol. The lowest BCUT2D eigenvalue weighted by molar-refractivity contribution is 0.573. The fourth-order valence-corrected chi connectivity index (χ4v) is 4.67. The summed E-state index contributed by atoms with van der Waals surface area (Å²) < 4.78 is 56.5. The van der Waals surface area contributed by atoms with Gasteiger partial charge in [0.1, 0.15) is 5.69 Å². The minimum atomic E-state index is -4.11. The summed E-state index contributed by atoms with van der Waals surface area (Å²) in [5.41, 5.74) is 0.0994. The minimum absolute atomic E-state index is 0. The van der Waals surface area contributed by atoms with Gasteiger partial charge in [0.15, 0.2) is 11.6 Å². The molecule has 0 bridgehead atoms. The molecule has 9 heteroatoms. The molecule has 0 unspecified atom stereocenters. The lowest BCUT2D eigenvalue weighted by atomic mass is 10.2. The normalized spacial score (nSPS) is 14.9. The fraction of sp³-hybridized carbons (Fsp3) is 0.294. The molecule has 0 amide bonds. The van der Waals surface area contributed by atoms with Crippen LogP contribution in [0.1, 0.15) is 12.8 Å². The average Bonchev–Trinajstić information content (AvgIpc) is 2.79. The number of fused-ring (bicyclic) bond motifs is 1. The Balaban J connectivity index is 0.00000243. The van der Waals surface area contributed by atoms with E-state index in [9.17, 15) is 17.2 Å². The van der Waals surface area contributed by atoms with Crippen LogP contribution in [0, 0.1) is 11.6 Å². The van der Waals surface area contributed by atoms with Crippen molar-refractivity contribution in [3.63, 3.8) is 0 Å². The molecule has 3 rings (SSSR count). The maximum atomic E-state index is 14.2. The van der Waals surface area contributed by atoms with Crippen LogP contribution in [0.5, 0.6) is 0 Å². The van der Waals surface area contributed by atoms with Gasteiger partial charge in [-0.1, -0.05) is 18.2 Å². The number of hydrogen-bond donors (Lipinski definition) is 1. The van der Waals surface area contributed by atoms with Crippen LogP contribution in [-0.4, -0.2) is 28.6 Å². The Morgan fingerprint density at radius 2 is 1.58 bits per heavy atom. The molecule has 0 fully saturated rings. The van der Waals surface area contributed by atoms with Gasteiger partial charge in [-0.15, -0.1) is 12.4 Å². The Morgan fingerprint density at radius 3 is 2.19 bits per heavy atom. The number of halogens is 3. The van der Waals surface area contributed by atoms with Crippen LogP contribution in [0.3, 0.4) is 0 Å². The predicted molar refractivity (Wildman–Crippen MR) is 102 cm³/mol. The van der Waals surface area contributed by atoms with Crippen molar-refractivity contribution in [2.45, 2.75) is 12.8 Å². The van der Waals surface area contributed by atoms with E-state index >= 15 is 0 Å². The second-order valence-corrected chi connectivity index (χ2v) is 7.42. The number of nitrogens with zero attached hydrogens (tertiary/aromatic N) is 2. The van der Waals surface area contributed by atoms with Crippen molar-refractivity contribution < 1.29 is 17.2 Å². The SMILES string of the molecule is CNCCCCN1c2ccccc2N(c2c(F)cccc2F)S1(=O)=O.Cl. The fourth-order valence-electron chi connectivity index (χ4n) is 2.91. The number of unbranched alkanes of at least 4 members (excludes halogenated alkanes) is 1. The third-order valence-electron chi connectivity index (χ3n) is 4.06. The molecule has 0 spiro atoms. The molecule has 0 saturated heterocycles. The number of benzene rings is 2. The first kappa shape index (κ1) is 20.4. The highest BCUT2D eigenvalue weighted by Gasteiger charge is 2.43. The van der Waals surface area contributed by atoms with Gasteiger partial charge in [-0.05, 0) is 50.7 Å². The predicted octanol–water partition coefficient (Wildman–Crippen LogP) is 3.59. The first-order valence-corrected chi connectivity index (χ1v) is 9.39. The molecule has 142 valence electrons. The Kier molecular flexibility index (Phi) is 6.44. The lowest BCUT2D eigenvalue weighted by Crippen LogP contribution is -2.36. The maximum absolute atomic E-state index is 14.2. The molecule has 1 heterocycles. The van der Waals surface area contributed by atoms with Gasteiger partial charge < -0.3 is 5.32 Å². The topological polar surface area (TPSA) is 52.6 Å². The largest absolute Gasteiger partial charge is 0.331 e. The van der Waals surface area contributed by atoms with E-state index in [4.69, 9.17) is 0 Å². The molecule has 1 aliphatic rings. The van der Waals surface area contributed by atoms with Gasteiger partial charge in [0.05, 0.1) is 11.4 Å². The van der Waals surface area contributed by atoms with E-state index in [-0.39, 0.29) is 24.6 Å². The van der Waals surface area contributed by atoms with Gasteiger partial charge in [-0.3, -0.25) is 4.31 Å². The van der Waals surface area contributed by atoms with Crippen molar-refractivity contribution in [3.05, 3.63) is 54.1 Å². The number of hydrogen-bond acceptors (Lipinski definition) is 3. The molecule has 1 aliphatic heterocycles. The number of nitrogens with one attached hydrogen (secondary N) is 1. The highest BCUT2D eigenvalue weighted by molar-refractivity contribution is 7.95. The van der Waals surface area contributed by atoms with Crippen molar-refractivity contribution in [2.24, 2.45) is 0 Å². The summed E-state index contributed by atoms with van der Waals surface area (Å²) >= 11 is 0. The molecule has 0 radical (unpaired) electrons. The van der Waals surface area contributed by atoms with Gasteiger partial charge in [0, 0.05) is 6.54 Å². The smallest absolute Gasteiger partial charge is 0.320 e. The number of rotatable bonds is 6. The van der Waals surface area contributed by atoms with Crippen molar-refractivity contribution in [2.75, 3.05) is 28.7 Å². The van der Waals surface area contributed by atoms with E-state index in [1.807, 2.05) is 7.05 Å². The highest BCUT2D eigenvalue weighted by atomic mass is 35.5. The van der Waals surface area contributed by atoms with E-state index in [2.05, 4.69) is 5.32 Å².